The molecule has 0 fully saturated rings. The van der Waals surface area contributed by atoms with Crippen molar-refractivity contribution in [3.8, 4) is 11.6 Å². The van der Waals surface area contributed by atoms with Crippen LogP contribution in [0.5, 0.6) is 0 Å². The monoisotopic (exact) mass is 197 g/mol. The van der Waals surface area contributed by atoms with Crippen LogP contribution in [-0.2, 0) is 0 Å². The first-order valence-electron chi connectivity index (χ1n) is 3.23. The van der Waals surface area contributed by atoms with Crippen molar-refractivity contribution in [1.82, 2.24) is 15.2 Å². The summed E-state index contributed by atoms with van der Waals surface area (Å²) in [4.78, 5) is 14.3. The van der Waals surface area contributed by atoms with E-state index in [9.17, 15) is 4.79 Å². The van der Waals surface area contributed by atoms with Gasteiger partial charge in [0.2, 0.25) is 0 Å². The molecule has 0 saturated carbocycles. The standard InChI is InChI=1S/C6H3N3O3S/c10-6(11)5-9-8-4(12-5)3-1-13-2-7-3/h1-2H,(H,10,11). The first-order valence-corrected chi connectivity index (χ1v) is 4.17. The van der Waals surface area contributed by atoms with Crippen molar-refractivity contribution < 1.29 is 14.3 Å². The highest BCUT2D eigenvalue weighted by Gasteiger charge is 2.14. The SMILES string of the molecule is O=C(O)c1nnc(-c2cscn2)o1. The van der Waals surface area contributed by atoms with Gasteiger partial charge in [0.05, 0.1) is 5.51 Å². The summed E-state index contributed by atoms with van der Waals surface area (Å²) in [6, 6.07) is 0. The minimum Gasteiger partial charge on any atom is -0.474 e. The molecule has 0 unspecified atom stereocenters. The van der Waals surface area contributed by atoms with Crippen LogP contribution in [0.3, 0.4) is 0 Å². The van der Waals surface area contributed by atoms with Crippen LogP contribution in [0.4, 0.5) is 0 Å². The van der Waals surface area contributed by atoms with Crippen LogP contribution >= 0.6 is 11.3 Å². The molecule has 2 aromatic rings. The average molecular weight is 197 g/mol. The van der Waals surface area contributed by atoms with Crippen LogP contribution in [0, 0.1) is 0 Å². The number of aromatic carboxylic acids is 1. The lowest BCUT2D eigenvalue weighted by molar-refractivity contribution is 0.0654. The van der Waals surface area contributed by atoms with E-state index in [0.717, 1.165) is 0 Å². The molecule has 0 aliphatic heterocycles. The van der Waals surface area contributed by atoms with Crippen LogP contribution < -0.4 is 0 Å². The third-order valence-corrected chi connectivity index (χ3v) is 1.85. The normalized spacial score (nSPS) is 10.2. The van der Waals surface area contributed by atoms with Crippen molar-refractivity contribution in [2.45, 2.75) is 0 Å². The Morgan fingerprint density at radius 2 is 2.38 bits per heavy atom. The molecule has 1 N–H and O–H groups in total. The number of carboxylic acids is 1. The van der Waals surface area contributed by atoms with Gasteiger partial charge in [-0.15, -0.1) is 21.5 Å². The molecule has 0 aliphatic rings. The third kappa shape index (κ3) is 1.41. The Bertz CT molecular complexity index is 422. The number of carbonyl (C=O) groups is 1. The summed E-state index contributed by atoms with van der Waals surface area (Å²) in [5.41, 5.74) is 2.09. The first-order chi connectivity index (χ1) is 6.27. The molecule has 2 heterocycles. The van der Waals surface area contributed by atoms with E-state index in [2.05, 4.69) is 15.2 Å². The quantitative estimate of drug-likeness (QED) is 0.768. The van der Waals surface area contributed by atoms with Gasteiger partial charge in [-0.05, 0) is 0 Å². The predicted molar refractivity (Wildman–Crippen MR) is 42.4 cm³/mol. The maximum absolute atomic E-state index is 10.4. The molecule has 0 aliphatic carbocycles. The van der Waals surface area contributed by atoms with Crippen molar-refractivity contribution in [1.29, 1.82) is 0 Å². The fraction of sp³-hybridized carbons (Fsp3) is 0. The lowest BCUT2D eigenvalue weighted by Crippen LogP contribution is -1.95. The largest absolute Gasteiger partial charge is 0.474 e. The van der Waals surface area contributed by atoms with Gasteiger partial charge in [-0.2, -0.15) is 0 Å². The number of hydrogen-bond acceptors (Lipinski definition) is 6. The Morgan fingerprint density at radius 1 is 1.54 bits per heavy atom. The number of carboxylic acid groups (broad SMARTS) is 1. The molecule has 0 aromatic carbocycles. The highest BCUT2D eigenvalue weighted by atomic mass is 32.1. The van der Waals surface area contributed by atoms with E-state index in [0.29, 0.717) is 5.69 Å². The summed E-state index contributed by atoms with van der Waals surface area (Å²) >= 11 is 1.37. The molecule has 13 heavy (non-hydrogen) atoms. The number of aromatic nitrogens is 3. The summed E-state index contributed by atoms with van der Waals surface area (Å²) in [5, 5.41) is 17.0. The molecular formula is C6H3N3O3S. The van der Waals surface area contributed by atoms with E-state index in [1.165, 1.54) is 11.3 Å². The number of nitrogens with zero attached hydrogens (tertiary/aromatic N) is 3. The molecule has 0 saturated heterocycles. The Balaban J connectivity index is 2.39. The van der Waals surface area contributed by atoms with Crippen molar-refractivity contribution in [3.05, 3.63) is 16.8 Å². The second-order valence-corrected chi connectivity index (χ2v) is 2.81. The van der Waals surface area contributed by atoms with Gasteiger partial charge in [-0.1, -0.05) is 0 Å². The molecule has 7 heteroatoms. The van der Waals surface area contributed by atoms with Gasteiger partial charge in [-0.25, -0.2) is 9.78 Å². The zero-order chi connectivity index (χ0) is 9.26. The molecule has 66 valence electrons. The molecule has 0 amide bonds. The van der Waals surface area contributed by atoms with Gasteiger partial charge in [0.15, 0.2) is 0 Å². The Morgan fingerprint density at radius 3 is 2.92 bits per heavy atom. The molecule has 0 radical (unpaired) electrons. The first kappa shape index (κ1) is 7.87. The van der Waals surface area contributed by atoms with Gasteiger partial charge in [0, 0.05) is 5.38 Å². The zero-order valence-corrected chi connectivity index (χ0v) is 6.98. The van der Waals surface area contributed by atoms with Crippen molar-refractivity contribution >= 4 is 17.3 Å². The predicted octanol–water partition coefficient (Wildman–Crippen LogP) is 0.891. The maximum atomic E-state index is 10.4. The molecule has 2 rings (SSSR count). The van der Waals surface area contributed by atoms with Crippen molar-refractivity contribution in [2.24, 2.45) is 0 Å². The van der Waals surface area contributed by atoms with E-state index >= 15 is 0 Å². The van der Waals surface area contributed by atoms with Gasteiger partial charge in [-0.3, -0.25) is 0 Å². The molecular weight excluding hydrogens is 194 g/mol. The summed E-state index contributed by atoms with van der Waals surface area (Å²) < 4.78 is 4.81. The maximum Gasteiger partial charge on any atom is 0.393 e. The lowest BCUT2D eigenvalue weighted by atomic mass is 10.5. The van der Waals surface area contributed by atoms with E-state index in [4.69, 9.17) is 9.52 Å². The van der Waals surface area contributed by atoms with E-state index in [-0.39, 0.29) is 5.89 Å². The highest BCUT2D eigenvalue weighted by Crippen LogP contribution is 2.16. The highest BCUT2D eigenvalue weighted by molar-refractivity contribution is 7.07. The molecule has 6 nitrogen and oxygen atoms in total. The topological polar surface area (TPSA) is 89.1 Å². The van der Waals surface area contributed by atoms with Gasteiger partial charge < -0.3 is 9.52 Å². The minimum atomic E-state index is -1.24. The smallest absolute Gasteiger partial charge is 0.393 e. The summed E-state index contributed by atoms with van der Waals surface area (Å²) in [7, 11) is 0. The fourth-order valence-electron chi connectivity index (χ4n) is 0.731. The molecule has 2 aromatic heterocycles. The van der Waals surface area contributed by atoms with Crippen molar-refractivity contribution in [3.63, 3.8) is 0 Å². The summed E-state index contributed by atoms with van der Waals surface area (Å²) in [5.74, 6) is -1.55. The number of rotatable bonds is 2. The Labute approximate surface area is 75.9 Å². The van der Waals surface area contributed by atoms with Crippen LogP contribution in [0.1, 0.15) is 10.7 Å². The van der Waals surface area contributed by atoms with Gasteiger partial charge in [0.25, 0.3) is 5.89 Å². The second kappa shape index (κ2) is 2.94. The number of thiazole rings is 1. The van der Waals surface area contributed by atoms with Crippen LogP contribution in [0.15, 0.2) is 15.3 Å². The van der Waals surface area contributed by atoms with Crippen molar-refractivity contribution in [2.75, 3.05) is 0 Å². The third-order valence-electron chi connectivity index (χ3n) is 1.26. The van der Waals surface area contributed by atoms with Crippen LogP contribution in [0.2, 0.25) is 0 Å². The Kier molecular flexibility index (Phi) is 1.78. The molecule has 0 atom stereocenters. The van der Waals surface area contributed by atoms with E-state index < -0.39 is 11.9 Å². The van der Waals surface area contributed by atoms with Crippen LogP contribution in [-0.4, -0.2) is 26.3 Å². The zero-order valence-electron chi connectivity index (χ0n) is 6.17. The van der Waals surface area contributed by atoms with E-state index in [1.807, 2.05) is 0 Å². The summed E-state index contributed by atoms with van der Waals surface area (Å²) in [6.07, 6.45) is 0. The van der Waals surface area contributed by atoms with E-state index in [1.54, 1.807) is 10.9 Å². The molecule has 0 bridgehead atoms. The summed E-state index contributed by atoms with van der Waals surface area (Å²) in [6.45, 7) is 0. The fourth-order valence-corrected chi connectivity index (χ4v) is 1.26. The molecule has 0 spiro atoms. The number of hydrogen-bond donors (Lipinski definition) is 1. The van der Waals surface area contributed by atoms with Gasteiger partial charge >= 0.3 is 11.9 Å². The average Bonchev–Trinajstić information content (AvgIpc) is 2.75. The lowest BCUT2D eigenvalue weighted by Gasteiger charge is -1.83. The second-order valence-electron chi connectivity index (χ2n) is 2.09. The van der Waals surface area contributed by atoms with Gasteiger partial charge in [0.1, 0.15) is 5.69 Å². The Hall–Kier alpha value is -1.76. The minimum absolute atomic E-state index is 0.124. The van der Waals surface area contributed by atoms with Crippen LogP contribution in [0.25, 0.3) is 11.6 Å².